The minimum Gasteiger partial charge on any atom is -0.378 e. The highest BCUT2D eigenvalue weighted by Gasteiger charge is 2.19. The minimum absolute atomic E-state index is 0.140. The molecule has 1 aromatic rings. The van der Waals surface area contributed by atoms with Crippen molar-refractivity contribution in [2.75, 3.05) is 18.5 Å². The molecule has 0 aromatic heterocycles. The van der Waals surface area contributed by atoms with Gasteiger partial charge in [-0.1, -0.05) is 6.07 Å². The van der Waals surface area contributed by atoms with E-state index in [9.17, 15) is 9.18 Å². The number of halogens is 1. The minimum atomic E-state index is -0.278. The molecule has 0 spiro atoms. The van der Waals surface area contributed by atoms with Crippen molar-refractivity contribution in [1.29, 1.82) is 0 Å². The van der Waals surface area contributed by atoms with E-state index in [2.05, 4.69) is 10.6 Å². The van der Waals surface area contributed by atoms with E-state index < -0.39 is 0 Å². The predicted octanol–water partition coefficient (Wildman–Crippen LogP) is 2.37. The van der Waals surface area contributed by atoms with Crippen LogP contribution in [0.5, 0.6) is 0 Å². The van der Waals surface area contributed by atoms with Crippen molar-refractivity contribution in [3.8, 4) is 0 Å². The number of rotatable bonds is 4. The topological polar surface area (TPSA) is 50.4 Å². The number of amides is 1. The molecule has 0 saturated carbocycles. The highest BCUT2D eigenvalue weighted by molar-refractivity contribution is 5.91. The molecule has 5 heteroatoms. The Morgan fingerprint density at radius 1 is 1.48 bits per heavy atom. The van der Waals surface area contributed by atoms with Gasteiger partial charge in [0.25, 0.3) is 0 Å². The van der Waals surface area contributed by atoms with Gasteiger partial charge in [0, 0.05) is 19.6 Å². The number of fused-ring (bicyclic) bond motifs is 1. The van der Waals surface area contributed by atoms with Crippen LogP contribution in [0.3, 0.4) is 0 Å². The van der Waals surface area contributed by atoms with E-state index in [-0.39, 0.29) is 17.8 Å². The van der Waals surface area contributed by atoms with Gasteiger partial charge in [0.2, 0.25) is 5.91 Å². The number of carbonyl (C=O) groups is 1. The molecule has 0 bridgehead atoms. The van der Waals surface area contributed by atoms with Gasteiger partial charge in [-0.05, 0) is 49.4 Å². The molecule has 21 heavy (non-hydrogen) atoms. The Balaban J connectivity index is 1.60. The summed E-state index contributed by atoms with van der Waals surface area (Å²) in [4.78, 5) is 11.9. The summed E-state index contributed by atoms with van der Waals surface area (Å²) in [5, 5.41) is 5.91. The summed E-state index contributed by atoms with van der Waals surface area (Å²) >= 11 is 0. The van der Waals surface area contributed by atoms with Gasteiger partial charge in [-0.3, -0.25) is 4.79 Å². The Kier molecular flexibility index (Phi) is 4.51. The van der Waals surface area contributed by atoms with E-state index in [1.54, 1.807) is 6.07 Å². The molecule has 2 aliphatic rings. The van der Waals surface area contributed by atoms with Gasteiger partial charge >= 0.3 is 0 Å². The van der Waals surface area contributed by atoms with Gasteiger partial charge in [-0.15, -0.1) is 0 Å². The first-order valence-electron chi connectivity index (χ1n) is 7.66. The third-order valence-electron chi connectivity index (χ3n) is 4.20. The van der Waals surface area contributed by atoms with Crippen LogP contribution in [0, 0.1) is 5.82 Å². The molecule has 1 saturated heterocycles. The van der Waals surface area contributed by atoms with Crippen molar-refractivity contribution < 1.29 is 13.9 Å². The summed E-state index contributed by atoms with van der Waals surface area (Å²) in [5.41, 5.74) is 2.01. The summed E-state index contributed by atoms with van der Waals surface area (Å²) in [6, 6.07) is 3.55. The first-order valence-corrected chi connectivity index (χ1v) is 7.66. The zero-order valence-corrected chi connectivity index (χ0v) is 12.1. The second-order valence-electron chi connectivity index (χ2n) is 5.71. The first-order chi connectivity index (χ1) is 10.2. The first kappa shape index (κ1) is 14.5. The van der Waals surface area contributed by atoms with E-state index in [0.717, 1.165) is 37.1 Å². The number of hydrogen-bond acceptors (Lipinski definition) is 3. The van der Waals surface area contributed by atoms with E-state index in [0.29, 0.717) is 31.5 Å². The molecule has 4 nitrogen and oxygen atoms in total. The summed E-state index contributed by atoms with van der Waals surface area (Å²) < 4.78 is 19.9. The molecule has 0 radical (unpaired) electrons. The molecule has 1 atom stereocenters. The van der Waals surface area contributed by atoms with Crippen LogP contribution in [-0.2, 0) is 22.5 Å². The summed E-state index contributed by atoms with van der Waals surface area (Å²) in [7, 11) is 0. The Hall–Kier alpha value is -1.46. The number of carbonyl (C=O) groups excluding carboxylic acids is 1. The number of ether oxygens (including phenoxy) is 1. The third-order valence-corrected chi connectivity index (χ3v) is 4.20. The molecular weight excluding hydrogens is 271 g/mol. The Morgan fingerprint density at radius 3 is 3.19 bits per heavy atom. The van der Waals surface area contributed by atoms with Crippen LogP contribution in [0.2, 0.25) is 0 Å². The van der Waals surface area contributed by atoms with Crippen molar-refractivity contribution in [2.24, 2.45) is 0 Å². The number of anilines is 1. The molecule has 2 heterocycles. The number of benzene rings is 1. The maximum absolute atomic E-state index is 14.4. The monoisotopic (exact) mass is 292 g/mol. The molecule has 1 unspecified atom stereocenters. The van der Waals surface area contributed by atoms with Crippen LogP contribution in [0.15, 0.2) is 12.1 Å². The average Bonchev–Trinajstić information content (AvgIpc) is 3.02. The molecule has 114 valence electrons. The molecule has 1 amide bonds. The lowest BCUT2D eigenvalue weighted by molar-refractivity contribution is -0.116. The highest BCUT2D eigenvalue weighted by Crippen LogP contribution is 2.25. The second kappa shape index (κ2) is 6.54. The van der Waals surface area contributed by atoms with Crippen LogP contribution >= 0.6 is 0 Å². The Bertz CT molecular complexity index is 527. The molecule has 3 rings (SSSR count). The van der Waals surface area contributed by atoms with E-state index in [1.807, 2.05) is 6.07 Å². The quantitative estimate of drug-likeness (QED) is 0.896. The van der Waals surface area contributed by atoms with Crippen LogP contribution < -0.4 is 10.6 Å². The van der Waals surface area contributed by atoms with Crippen LogP contribution in [-0.4, -0.2) is 25.2 Å². The summed E-state index contributed by atoms with van der Waals surface area (Å²) in [5.74, 6) is -0.419. The SMILES string of the molecule is O=C(CCC1CCCO1)Nc1ccc2c(c1F)CCNC2. The lowest BCUT2D eigenvalue weighted by atomic mass is 9.99. The fourth-order valence-electron chi connectivity index (χ4n) is 3.01. The van der Waals surface area contributed by atoms with Crippen LogP contribution in [0.4, 0.5) is 10.1 Å². The predicted molar refractivity (Wildman–Crippen MR) is 78.6 cm³/mol. The van der Waals surface area contributed by atoms with Gasteiger partial charge in [0.15, 0.2) is 0 Å². The Morgan fingerprint density at radius 2 is 2.38 bits per heavy atom. The molecule has 2 aliphatic heterocycles. The van der Waals surface area contributed by atoms with Crippen molar-refractivity contribution in [2.45, 2.75) is 44.8 Å². The van der Waals surface area contributed by atoms with Gasteiger partial charge in [-0.2, -0.15) is 0 Å². The van der Waals surface area contributed by atoms with E-state index >= 15 is 0 Å². The smallest absolute Gasteiger partial charge is 0.224 e. The average molecular weight is 292 g/mol. The fourth-order valence-corrected chi connectivity index (χ4v) is 3.01. The second-order valence-corrected chi connectivity index (χ2v) is 5.71. The van der Waals surface area contributed by atoms with Crippen molar-refractivity contribution in [3.63, 3.8) is 0 Å². The zero-order valence-electron chi connectivity index (χ0n) is 12.1. The maximum atomic E-state index is 14.4. The number of hydrogen-bond donors (Lipinski definition) is 2. The zero-order chi connectivity index (χ0) is 14.7. The lowest BCUT2D eigenvalue weighted by Crippen LogP contribution is -2.25. The largest absolute Gasteiger partial charge is 0.378 e. The van der Waals surface area contributed by atoms with Gasteiger partial charge in [-0.25, -0.2) is 4.39 Å². The normalized spacial score (nSPS) is 21.1. The molecule has 2 N–H and O–H groups in total. The van der Waals surface area contributed by atoms with Crippen molar-refractivity contribution >= 4 is 11.6 Å². The van der Waals surface area contributed by atoms with Gasteiger partial charge in [0.1, 0.15) is 5.82 Å². The molecule has 1 aromatic carbocycles. The fraction of sp³-hybridized carbons (Fsp3) is 0.562. The summed E-state index contributed by atoms with van der Waals surface area (Å²) in [6.07, 6.45) is 4.04. The number of nitrogens with one attached hydrogen (secondary N) is 2. The van der Waals surface area contributed by atoms with Crippen molar-refractivity contribution in [1.82, 2.24) is 5.32 Å². The molecule has 0 aliphatic carbocycles. The molecular formula is C16H21FN2O2. The molecule has 1 fully saturated rings. The maximum Gasteiger partial charge on any atom is 0.224 e. The van der Waals surface area contributed by atoms with E-state index in [1.165, 1.54) is 0 Å². The van der Waals surface area contributed by atoms with E-state index in [4.69, 9.17) is 4.74 Å². The van der Waals surface area contributed by atoms with Crippen molar-refractivity contribution in [3.05, 3.63) is 29.1 Å². The third kappa shape index (κ3) is 3.41. The highest BCUT2D eigenvalue weighted by atomic mass is 19.1. The van der Waals surface area contributed by atoms with Gasteiger partial charge in [0.05, 0.1) is 11.8 Å². The Labute approximate surface area is 124 Å². The lowest BCUT2D eigenvalue weighted by Gasteiger charge is -2.19. The summed E-state index contributed by atoms with van der Waals surface area (Å²) in [6.45, 7) is 2.26. The van der Waals surface area contributed by atoms with Crippen LogP contribution in [0.1, 0.15) is 36.8 Å². The standard InChI is InChI=1S/C16H21FN2O2/c17-16-13-7-8-18-10-11(13)3-5-14(16)19-15(20)6-4-12-2-1-9-21-12/h3,5,12,18H,1-2,4,6-10H2,(H,19,20). The van der Waals surface area contributed by atoms with Crippen LogP contribution in [0.25, 0.3) is 0 Å². The van der Waals surface area contributed by atoms with Gasteiger partial charge < -0.3 is 15.4 Å².